The third kappa shape index (κ3) is 2.80. The van der Waals surface area contributed by atoms with Crippen molar-refractivity contribution in [1.82, 2.24) is 4.37 Å². The Morgan fingerprint density at radius 1 is 1.35 bits per heavy atom. The van der Waals surface area contributed by atoms with Gasteiger partial charge in [0.25, 0.3) is 0 Å². The molecule has 0 bridgehead atoms. The first-order chi connectivity index (χ1) is 9.70. The second-order valence-electron chi connectivity index (χ2n) is 4.27. The quantitative estimate of drug-likeness (QED) is 0.882. The van der Waals surface area contributed by atoms with Gasteiger partial charge in [-0.1, -0.05) is 6.07 Å². The topological polar surface area (TPSA) is 60.5 Å². The molecule has 1 amide bonds. The van der Waals surface area contributed by atoms with E-state index in [9.17, 15) is 4.79 Å². The number of aryl methyl sites for hydroxylation is 1. The Kier molecular flexibility index (Phi) is 3.39. The summed E-state index contributed by atoms with van der Waals surface area (Å²) in [6.07, 6.45) is 3.21. The van der Waals surface area contributed by atoms with Crippen LogP contribution in [0.1, 0.15) is 11.3 Å². The molecule has 102 valence electrons. The van der Waals surface area contributed by atoms with Gasteiger partial charge in [0.1, 0.15) is 5.00 Å². The molecule has 3 rings (SSSR count). The van der Waals surface area contributed by atoms with Gasteiger partial charge in [-0.25, -0.2) is 0 Å². The van der Waals surface area contributed by atoms with E-state index < -0.39 is 0 Å². The monoisotopic (exact) mass is 288 g/mol. The summed E-state index contributed by atoms with van der Waals surface area (Å²) in [7, 11) is 0. The first kappa shape index (κ1) is 12.7. The summed E-state index contributed by atoms with van der Waals surface area (Å²) in [6.45, 7) is 2.13. The molecular formula is C14H12N2O3S. The van der Waals surface area contributed by atoms with Crippen molar-refractivity contribution in [3.8, 4) is 11.5 Å². The number of hydrogen-bond donors (Lipinski definition) is 1. The molecule has 0 unspecified atom stereocenters. The molecule has 0 aliphatic carbocycles. The Labute approximate surface area is 120 Å². The van der Waals surface area contributed by atoms with E-state index in [4.69, 9.17) is 9.47 Å². The summed E-state index contributed by atoms with van der Waals surface area (Å²) in [6, 6.07) is 7.36. The largest absolute Gasteiger partial charge is 0.454 e. The van der Waals surface area contributed by atoms with Crippen LogP contribution in [-0.2, 0) is 4.79 Å². The molecule has 2 aromatic rings. The highest BCUT2D eigenvalue weighted by atomic mass is 32.1. The van der Waals surface area contributed by atoms with Crippen molar-refractivity contribution in [3.63, 3.8) is 0 Å². The number of aromatic nitrogens is 1. The van der Waals surface area contributed by atoms with E-state index in [0.29, 0.717) is 5.75 Å². The Morgan fingerprint density at radius 2 is 2.20 bits per heavy atom. The Bertz CT molecular complexity index is 679. The molecular weight excluding hydrogens is 276 g/mol. The number of benzene rings is 1. The Hall–Kier alpha value is -2.34. The van der Waals surface area contributed by atoms with Gasteiger partial charge in [-0.05, 0) is 48.3 Å². The zero-order valence-corrected chi connectivity index (χ0v) is 11.6. The molecule has 20 heavy (non-hydrogen) atoms. The summed E-state index contributed by atoms with van der Waals surface area (Å²) < 4.78 is 14.6. The van der Waals surface area contributed by atoms with E-state index in [-0.39, 0.29) is 12.7 Å². The maximum atomic E-state index is 11.8. The zero-order valence-electron chi connectivity index (χ0n) is 10.8. The van der Waals surface area contributed by atoms with Gasteiger partial charge in [-0.15, -0.1) is 0 Å². The van der Waals surface area contributed by atoms with Crippen molar-refractivity contribution in [2.75, 3.05) is 12.1 Å². The molecule has 1 aliphatic heterocycles. The molecule has 0 saturated heterocycles. The van der Waals surface area contributed by atoms with Gasteiger partial charge in [-0.2, -0.15) is 4.37 Å². The summed E-state index contributed by atoms with van der Waals surface area (Å²) in [4.78, 5) is 11.8. The fourth-order valence-corrected chi connectivity index (χ4v) is 2.44. The highest BCUT2D eigenvalue weighted by Gasteiger charge is 2.12. The van der Waals surface area contributed by atoms with Gasteiger partial charge in [0, 0.05) is 6.08 Å². The molecule has 0 spiro atoms. The number of fused-ring (bicyclic) bond motifs is 1. The van der Waals surface area contributed by atoms with Crippen LogP contribution >= 0.6 is 11.5 Å². The molecule has 1 N–H and O–H groups in total. The lowest BCUT2D eigenvalue weighted by atomic mass is 10.2. The molecule has 2 heterocycles. The summed E-state index contributed by atoms with van der Waals surface area (Å²) in [5.74, 6) is 1.24. The van der Waals surface area contributed by atoms with Crippen LogP contribution in [0.15, 0.2) is 30.3 Å². The van der Waals surface area contributed by atoms with Crippen molar-refractivity contribution in [1.29, 1.82) is 0 Å². The molecule has 1 aliphatic rings. The van der Waals surface area contributed by atoms with Crippen molar-refractivity contribution in [3.05, 3.63) is 41.6 Å². The number of rotatable bonds is 3. The summed E-state index contributed by atoms with van der Waals surface area (Å²) in [5.41, 5.74) is 1.77. The van der Waals surface area contributed by atoms with E-state index in [1.54, 1.807) is 6.08 Å². The van der Waals surface area contributed by atoms with Gasteiger partial charge >= 0.3 is 0 Å². The van der Waals surface area contributed by atoms with Crippen LogP contribution in [0.25, 0.3) is 6.08 Å². The van der Waals surface area contributed by atoms with Crippen molar-refractivity contribution < 1.29 is 14.3 Å². The van der Waals surface area contributed by atoms with Crippen molar-refractivity contribution in [2.45, 2.75) is 6.92 Å². The fourth-order valence-electron chi connectivity index (χ4n) is 1.77. The van der Waals surface area contributed by atoms with Crippen LogP contribution in [-0.4, -0.2) is 17.1 Å². The maximum Gasteiger partial charge on any atom is 0.249 e. The van der Waals surface area contributed by atoms with Gasteiger partial charge < -0.3 is 14.8 Å². The fraction of sp³-hybridized carbons (Fsp3) is 0.143. The number of nitrogens with zero attached hydrogens (tertiary/aromatic N) is 1. The first-order valence-electron chi connectivity index (χ1n) is 6.03. The average Bonchev–Trinajstić information content (AvgIpc) is 3.04. The average molecular weight is 288 g/mol. The number of anilines is 1. The van der Waals surface area contributed by atoms with Crippen LogP contribution in [0.3, 0.4) is 0 Å². The van der Waals surface area contributed by atoms with Gasteiger partial charge in [0.2, 0.25) is 12.7 Å². The molecule has 1 aromatic heterocycles. The summed E-state index contributed by atoms with van der Waals surface area (Å²) in [5, 5.41) is 3.50. The van der Waals surface area contributed by atoms with Crippen LogP contribution in [0.2, 0.25) is 0 Å². The third-order valence-corrected chi connectivity index (χ3v) is 3.49. The molecule has 5 nitrogen and oxygen atoms in total. The van der Waals surface area contributed by atoms with Crippen molar-refractivity contribution in [2.24, 2.45) is 0 Å². The minimum Gasteiger partial charge on any atom is -0.454 e. The van der Waals surface area contributed by atoms with E-state index in [1.807, 2.05) is 31.2 Å². The summed E-state index contributed by atoms with van der Waals surface area (Å²) >= 11 is 1.26. The minimum absolute atomic E-state index is 0.189. The molecule has 0 atom stereocenters. The van der Waals surface area contributed by atoms with Crippen molar-refractivity contribution >= 4 is 28.5 Å². The van der Waals surface area contributed by atoms with E-state index in [1.165, 1.54) is 17.6 Å². The molecule has 0 fully saturated rings. The molecule has 0 saturated carbocycles. The smallest absolute Gasteiger partial charge is 0.249 e. The Morgan fingerprint density at radius 3 is 3.00 bits per heavy atom. The highest BCUT2D eigenvalue weighted by Crippen LogP contribution is 2.32. The lowest BCUT2D eigenvalue weighted by Crippen LogP contribution is -2.06. The lowest BCUT2D eigenvalue weighted by Gasteiger charge is -1.98. The molecule has 1 aromatic carbocycles. The predicted molar refractivity (Wildman–Crippen MR) is 77.1 cm³/mol. The van der Waals surface area contributed by atoms with E-state index in [0.717, 1.165) is 22.0 Å². The number of amides is 1. The maximum absolute atomic E-state index is 11.8. The SMILES string of the molecule is Cc1cc(NC(=O)/C=C/c2ccc3c(c2)OCO3)sn1. The lowest BCUT2D eigenvalue weighted by molar-refractivity contribution is -0.111. The number of carbonyl (C=O) groups excluding carboxylic acids is 1. The van der Waals surface area contributed by atoms with Crippen LogP contribution in [0, 0.1) is 6.92 Å². The van der Waals surface area contributed by atoms with E-state index in [2.05, 4.69) is 9.69 Å². The molecule has 6 heteroatoms. The van der Waals surface area contributed by atoms with Crippen LogP contribution < -0.4 is 14.8 Å². The molecule has 0 radical (unpaired) electrons. The highest BCUT2D eigenvalue weighted by molar-refractivity contribution is 7.10. The normalized spacial score (nSPS) is 12.8. The van der Waals surface area contributed by atoms with Gasteiger partial charge in [-0.3, -0.25) is 4.79 Å². The predicted octanol–water partition coefficient (Wildman–Crippen LogP) is 2.83. The number of nitrogens with one attached hydrogen (secondary N) is 1. The second-order valence-corrected chi connectivity index (χ2v) is 5.07. The standard InChI is InChI=1S/C14H12N2O3S/c1-9-6-14(20-16-9)15-13(17)5-3-10-2-4-11-12(7-10)19-8-18-11/h2-7H,8H2,1H3,(H,15,17)/b5-3+. The van der Waals surface area contributed by atoms with Crippen LogP contribution in [0.4, 0.5) is 5.00 Å². The van der Waals surface area contributed by atoms with Gasteiger partial charge in [0.05, 0.1) is 5.69 Å². The number of ether oxygens (including phenoxy) is 2. The second kappa shape index (κ2) is 5.34. The minimum atomic E-state index is -0.189. The van der Waals surface area contributed by atoms with E-state index >= 15 is 0 Å². The zero-order chi connectivity index (χ0) is 13.9. The van der Waals surface area contributed by atoms with Gasteiger partial charge in [0.15, 0.2) is 11.5 Å². The third-order valence-electron chi connectivity index (χ3n) is 2.70. The number of carbonyl (C=O) groups is 1. The Balaban J connectivity index is 1.66. The number of hydrogen-bond acceptors (Lipinski definition) is 5. The van der Waals surface area contributed by atoms with Crippen LogP contribution in [0.5, 0.6) is 11.5 Å². The first-order valence-corrected chi connectivity index (χ1v) is 6.80.